The van der Waals surface area contributed by atoms with Gasteiger partial charge in [-0.15, -0.1) is 5.10 Å². The Kier molecular flexibility index (Phi) is 4.82. The molecule has 3 aromatic rings. The van der Waals surface area contributed by atoms with E-state index in [1.54, 1.807) is 24.3 Å². The second-order valence-electron chi connectivity index (χ2n) is 6.42. The molecule has 1 aromatic heterocycles. The van der Waals surface area contributed by atoms with Crippen LogP contribution in [0.15, 0.2) is 52.9 Å². The van der Waals surface area contributed by atoms with Crippen molar-refractivity contribution in [3.63, 3.8) is 0 Å². The van der Waals surface area contributed by atoms with Gasteiger partial charge in [0.15, 0.2) is 0 Å². The lowest BCUT2D eigenvalue weighted by Gasteiger charge is -2.13. The summed E-state index contributed by atoms with van der Waals surface area (Å²) in [5.41, 5.74) is 1.02. The molecule has 0 aliphatic heterocycles. The Labute approximate surface area is 155 Å². The van der Waals surface area contributed by atoms with Crippen molar-refractivity contribution in [2.45, 2.75) is 31.8 Å². The van der Waals surface area contributed by atoms with Gasteiger partial charge in [-0.05, 0) is 74.2 Å². The van der Waals surface area contributed by atoms with E-state index in [-0.39, 0.29) is 29.7 Å². The third-order valence-electron chi connectivity index (χ3n) is 4.46. The van der Waals surface area contributed by atoms with Crippen LogP contribution in [0.1, 0.15) is 36.0 Å². The Balaban J connectivity index is 1.39. The maximum Gasteiger partial charge on any atom is 0.322 e. The summed E-state index contributed by atoms with van der Waals surface area (Å²) in [5, 5.41) is 10.2. The molecule has 27 heavy (non-hydrogen) atoms. The van der Waals surface area contributed by atoms with Crippen molar-refractivity contribution in [2.24, 2.45) is 0 Å². The van der Waals surface area contributed by atoms with E-state index in [0.717, 1.165) is 18.6 Å². The molecule has 1 heterocycles. The lowest BCUT2D eigenvalue weighted by atomic mass is 10.2. The van der Waals surface area contributed by atoms with Crippen LogP contribution in [-0.2, 0) is 0 Å². The van der Waals surface area contributed by atoms with E-state index in [0.29, 0.717) is 11.1 Å². The Morgan fingerprint density at radius 3 is 2.44 bits per heavy atom. The molecule has 0 atom stereocenters. The maximum atomic E-state index is 13.0. The van der Waals surface area contributed by atoms with E-state index in [1.165, 1.54) is 37.1 Å². The lowest BCUT2D eigenvalue weighted by Crippen LogP contribution is -2.13. The number of amides is 1. The first kappa shape index (κ1) is 17.2. The second kappa shape index (κ2) is 7.57. The number of anilines is 1. The van der Waals surface area contributed by atoms with Gasteiger partial charge in [-0.3, -0.25) is 10.1 Å². The summed E-state index contributed by atoms with van der Waals surface area (Å²) in [6.45, 7) is 0. The van der Waals surface area contributed by atoms with E-state index in [1.807, 2.05) is 0 Å². The van der Waals surface area contributed by atoms with Gasteiger partial charge in [0, 0.05) is 11.1 Å². The van der Waals surface area contributed by atoms with Crippen molar-refractivity contribution in [3.05, 3.63) is 59.9 Å². The average Bonchev–Trinajstić information content (AvgIpc) is 3.35. The predicted octanol–water partition coefficient (Wildman–Crippen LogP) is 4.45. The number of nitrogens with one attached hydrogen (secondary N) is 1. The van der Waals surface area contributed by atoms with Crippen LogP contribution in [0.25, 0.3) is 11.5 Å². The molecule has 6 nitrogen and oxygen atoms in total. The van der Waals surface area contributed by atoms with Gasteiger partial charge < -0.3 is 9.15 Å². The number of carbonyl (C=O) groups is 1. The topological polar surface area (TPSA) is 77.3 Å². The zero-order chi connectivity index (χ0) is 18.6. The number of nitrogens with zero attached hydrogens (tertiary/aromatic N) is 2. The van der Waals surface area contributed by atoms with Crippen LogP contribution in [0.5, 0.6) is 5.75 Å². The highest BCUT2D eigenvalue weighted by Gasteiger charge is 2.17. The highest BCUT2D eigenvalue weighted by atomic mass is 19.1. The van der Waals surface area contributed by atoms with Gasteiger partial charge in [-0.25, -0.2) is 4.39 Å². The zero-order valence-electron chi connectivity index (χ0n) is 14.5. The third kappa shape index (κ3) is 4.13. The summed E-state index contributed by atoms with van der Waals surface area (Å²) < 4.78 is 24.3. The molecule has 2 aromatic carbocycles. The lowest BCUT2D eigenvalue weighted by molar-refractivity contribution is 0.102. The molecule has 1 N–H and O–H groups in total. The van der Waals surface area contributed by atoms with E-state index in [9.17, 15) is 9.18 Å². The van der Waals surface area contributed by atoms with Gasteiger partial charge in [-0.2, -0.15) is 0 Å². The number of halogens is 1. The number of carbonyl (C=O) groups excluding carboxylic acids is 1. The minimum absolute atomic E-state index is 0.0226. The van der Waals surface area contributed by atoms with Gasteiger partial charge >= 0.3 is 6.01 Å². The first-order valence-corrected chi connectivity index (χ1v) is 8.85. The van der Waals surface area contributed by atoms with E-state index in [2.05, 4.69) is 15.5 Å². The molecule has 0 radical (unpaired) electrons. The van der Waals surface area contributed by atoms with Gasteiger partial charge in [0.05, 0.1) is 6.10 Å². The van der Waals surface area contributed by atoms with E-state index in [4.69, 9.17) is 9.15 Å². The molecular weight excluding hydrogens is 349 g/mol. The summed E-state index contributed by atoms with van der Waals surface area (Å²) >= 11 is 0. The highest BCUT2D eigenvalue weighted by molar-refractivity contribution is 6.03. The molecule has 0 spiro atoms. The fourth-order valence-electron chi connectivity index (χ4n) is 3.04. The summed E-state index contributed by atoms with van der Waals surface area (Å²) in [6, 6.07) is 12.6. The van der Waals surface area contributed by atoms with E-state index >= 15 is 0 Å². The minimum atomic E-state index is -0.364. The highest BCUT2D eigenvalue weighted by Crippen LogP contribution is 2.24. The largest absolute Gasteiger partial charge is 0.490 e. The van der Waals surface area contributed by atoms with Crippen LogP contribution in [0, 0.1) is 5.82 Å². The number of benzene rings is 2. The predicted molar refractivity (Wildman–Crippen MR) is 97.0 cm³/mol. The summed E-state index contributed by atoms with van der Waals surface area (Å²) in [6.07, 6.45) is 4.84. The molecule has 0 unspecified atom stereocenters. The Morgan fingerprint density at radius 1 is 1.04 bits per heavy atom. The van der Waals surface area contributed by atoms with Crippen LogP contribution in [0.3, 0.4) is 0 Å². The van der Waals surface area contributed by atoms with Crippen LogP contribution in [0.4, 0.5) is 10.4 Å². The number of aromatic nitrogens is 2. The maximum absolute atomic E-state index is 13.0. The standard InChI is InChI=1S/C20H18FN3O3/c21-15-9-5-14(6-10-15)19-23-24-20(27-19)22-18(25)13-7-11-17(12-8-13)26-16-3-1-2-4-16/h5-12,16H,1-4H2,(H,22,24,25). The number of rotatable bonds is 5. The number of ether oxygens (including phenoxy) is 1. The summed E-state index contributed by atoms with van der Waals surface area (Å²) in [7, 11) is 0. The first-order chi connectivity index (χ1) is 13.2. The zero-order valence-corrected chi connectivity index (χ0v) is 14.5. The van der Waals surface area contributed by atoms with Gasteiger partial charge in [-0.1, -0.05) is 5.10 Å². The van der Waals surface area contributed by atoms with Crippen LogP contribution in [-0.4, -0.2) is 22.2 Å². The fraction of sp³-hybridized carbons (Fsp3) is 0.250. The summed E-state index contributed by atoms with van der Waals surface area (Å²) in [5.74, 6) is 0.240. The Hall–Kier alpha value is -3.22. The van der Waals surface area contributed by atoms with Gasteiger partial charge in [0.25, 0.3) is 5.91 Å². The minimum Gasteiger partial charge on any atom is -0.490 e. The quantitative estimate of drug-likeness (QED) is 0.721. The molecule has 138 valence electrons. The molecule has 1 amide bonds. The van der Waals surface area contributed by atoms with Gasteiger partial charge in [0.1, 0.15) is 11.6 Å². The fourth-order valence-corrected chi connectivity index (χ4v) is 3.04. The van der Waals surface area contributed by atoms with Crippen molar-refractivity contribution >= 4 is 11.9 Å². The van der Waals surface area contributed by atoms with Crippen molar-refractivity contribution in [1.82, 2.24) is 10.2 Å². The first-order valence-electron chi connectivity index (χ1n) is 8.85. The van der Waals surface area contributed by atoms with Crippen LogP contribution >= 0.6 is 0 Å². The van der Waals surface area contributed by atoms with E-state index < -0.39 is 0 Å². The monoisotopic (exact) mass is 367 g/mol. The molecule has 1 aliphatic carbocycles. The third-order valence-corrected chi connectivity index (χ3v) is 4.46. The second-order valence-corrected chi connectivity index (χ2v) is 6.42. The average molecular weight is 367 g/mol. The van der Waals surface area contributed by atoms with Gasteiger partial charge in [0.2, 0.25) is 5.89 Å². The molecular formula is C20H18FN3O3. The van der Waals surface area contributed by atoms with Crippen LogP contribution in [0.2, 0.25) is 0 Å². The molecule has 7 heteroatoms. The van der Waals surface area contributed by atoms with Crippen molar-refractivity contribution in [3.8, 4) is 17.2 Å². The molecule has 4 rings (SSSR count). The normalized spacial score (nSPS) is 14.3. The molecule has 0 bridgehead atoms. The molecule has 1 aliphatic rings. The summed E-state index contributed by atoms with van der Waals surface area (Å²) in [4.78, 5) is 12.3. The smallest absolute Gasteiger partial charge is 0.322 e. The van der Waals surface area contributed by atoms with Crippen molar-refractivity contribution in [2.75, 3.05) is 5.32 Å². The molecule has 1 fully saturated rings. The van der Waals surface area contributed by atoms with Crippen molar-refractivity contribution < 1.29 is 18.3 Å². The number of hydrogen-bond donors (Lipinski definition) is 1. The van der Waals surface area contributed by atoms with Crippen molar-refractivity contribution in [1.29, 1.82) is 0 Å². The Morgan fingerprint density at radius 2 is 1.74 bits per heavy atom. The SMILES string of the molecule is O=C(Nc1nnc(-c2ccc(F)cc2)o1)c1ccc(OC2CCCC2)cc1. The molecule has 0 saturated heterocycles. The molecule has 1 saturated carbocycles. The number of hydrogen-bond acceptors (Lipinski definition) is 5. The Bertz CT molecular complexity index is 916. The van der Waals surface area contributed by atoms with Crippen LogP contribution < -0.4 is 10.1 Å².